The normalized spacial score (nSPS) is 10.8. The fourth-order valence-electron chi connectivity index (χ4n) is 5.36. The van der Waals surface area contributed by atoms with E-state index in [0.29, 0.717) is 15.4 Å². The second-order valence-corrected chi connectivity index (χ2v) is 12.9. The molecule has 3 radical (unpaired) electrons. The van der Waals surface area contributed by atoms with Crippen molar-refractivity contribution in [2.45, 2.75) is 18.9 Å². The fraction of sp³-hybridized carbons (Fsp3) is 0.154. The molecule has 0 atom stereocenters. The summed E-state index contributed by atoms with van der Waals surface area (Å²) in [5.41, 5.74) is 2.48. The Morgan fingerprint density at radius 3 is 1.43 bits per heavy atom. The van der Waals surface area contributed by atoms with E-state index in [9.17, 15) is 53.5 Å². The molecule has 0 aliphatic heterocycles. The van der Waals surface area contributed by atoms with Gasteiger partial charge in [-0.05, 0) is 48.5 Å². The number of nitrogens with two attached hydrogens (primary N) is 1. The number of aryl methyl sites for hydroxylation is 2. The average Bonchev–Trinajstić information content (AvgIpc) is 4.08. The molecule has 0 aliphatic rings. The largest absolute Gasteiger partial charge is 1.00 e. The van der Waals surface area contributed by atoms with Crippen molar-refractivity contribution in [2.75, 3.05) is 18.2 Å². The first kappa shape index (κ1) is 55.6. The Hall–Kier alpha value is -7.71. The first-order valence-electron chi connectivity index (χ1n) is 18.1. The van der Waals surface area contributed by atoms with Gasteiger partial charge >= 0.3 is 53.4 Å². The molecule has 0 saturated carbocycles. The summed E-state index contributed by atoms with van der Waals surface area (Å²) in [5.74, 6) is -5.19. The molecule has 0 spiro atoms. The van der Waals surface area contributed by atoms with Gasteiger partial charge < -0.3 is 36.5 Å². The third kappa shape index (κ3) is 13.5. The zero-order chi connectivity index (χ0) is 49.4. The summed E-state index contributed by atoms with van der Waals surface area (Å²) in [5, 5.41) is 24.0. The number of para-hydroxylation sites is 1. The molecule has 0 aliphatic carbocycles. The standard InChI is InChI=1S/C19H13F5N6O2.C12H9F3N6O2.C7H6F2O.CN.B.Na/c1-29-18(31)32-17(28-29)14-7-15(19(22,23)24)30(27-14)10-5-6-16(25-8-10)26-9-11-12(20)3-2-4-13(11)21;1-20-11(22)23-10(19-20)7-4-8(12(13,14)15)21(18-7)6-2-3-9(16)17-5-6;1-10-7-5(8)3-2-4-6(7)9;1-2;;/h2-8H,9H2,1H3,(H,25,26);2-5H,1H3,(H2,16,17);2-4H,1H3;;;/q;;;-1;;+1. The molecule has 0 saturated heterocycles. The molecule has 0 unspecified atom stereocenters. The number of halogens is 10. The molecule has 0 amide bonds. The number of methoxy groups -OCH3 is 1. The number of alkyl halides is 6. The second kappa shape index (κ2) is 23.3. The molecule has 6 aromatic heterocycles. The molecule has 69 heavy (non-hydrogen) atoms. The molecule has 18 nitrogen and oxygen atoms in total. The summed E-state index contributed by atoms with van der Waals surface area (Å²) >= 11 is 0. The van der Waals surface area contributed by atoms with E-state index in [2.05, 4.69) is 40.4 Å². The van der Waals surface area contributed by atoms with Crippen LogP contribution in [0.1, 0.15) is 17.0 Å². The van der Waals surface area contributed by atoms with Crippen molar-refractivity contribution in [1.29, 1.82) is 5.26 Å². The van der Waals surface area contributed by atoms with Crippen molar-refractivity contribution in [3.8, 4) is 40.3 Å². The van der Waals surface area contributed by atoms with Crippen molar-refractivity contribution in [2.24, 2.45) is 14.1 Å². The maximum atomic E-state index is 13.7. The zero-order valence-corrected chi connectivity index (χ0v) is 37.7. The summed E-state index contributed by atoms with van der Waals surface area (Å²) in [4.78, 5) is 30.4. The van der Waals surface area contributed by atoms with Crippen LogP contribution in [0.3, 0.4) is 0 Å². The Morgan fingerprint density at radius 2 is 1.10 bits per heavy atom. The SMILES string of the molecule is COc1c(F)cccc1F.Cn1nc(-c2cc(C(F)(F)F)n(-c3ccc(N)nc3)n2)oc1=O.Cn1nc(-c2cc(C(F)(F)F)n(-c3ccc(NCc4c(F)cccc4F)nc3)n2)oc1=O.[B].[C-]#N.[Na+]. The van der Waals surface area contributed by atoms with Crippen LogP contribution in [0.25, 0.3) is 34.5 Å². The van der Waals surface area contributed by atoms with E-state index in [1.807, 2.05) is 0 Å². The number of nitrogens with one attached hydrogen (secondary N) is 1. The number of aromatic nitrogens is 10. The van der Waals surface area contributed by atoms with Gasteiger partial charge in [0.05, 0.1) is 30.9 Å². The Balaban J connectivity index is 0.000000297. The summed E-state index contributed by atoms with van der Waals surface area (Å²) in [7, 11) is 3.81. The first-order valence-corrected chi connectivity index (χ1v) is 18.1. The van der Waals surface area contributed by atoms with Gasteiger partial charge in [-0.15, -0.1) is 10.2 Å². The quantitative estimate of drug-likeness (QED) is 0.126. The van der Waals surface area contributed by atoms with E-state index >= 15 is 0 Å². The summed E-state index contributed by atoms with van der Waals surface area (Å²) in [6.45, 7) is 4.53. The maximum Gasteiger partial charge on any atom is 1.00 e. The molecule has 3 N–H and O–H groups in total. The van der Waals surface area contributed by atoms with Gasteiger partial charge in [-0.25, -0.2) is 46.5 Å². The van der Waals surface area contributed by atoms with Crippen LogP contribution >= 0.6 is 0 Å². The molecule has 0 bridgehead atoms. The second-order valence-electron chi connectivity index (χ2n) is 12.9. The van der Waals surface area contributed by atoms with Crippen molar-refractivity contribution >= 4 is 20.0 Å². The molecule has 6 heterocycles. The maximum absolute atomic E-state index is 13.7. The molecule has 30 heteroatoms. The van der Waals surface area contributed by atoms with Crippen molar-refractivity contribution < 1.29 is 87.0 Å². The number of hydrogen-bond acceptors (Lipinski definition) is 14. The Labute approximate surface area is 404 Å². The Morgan fingerprint density at radius 1 is 0.681 bits per heavy atom. The van der Waals surface area contributed by atoms with Gasteiger partial charge in [0, 0.05) is 46.7 Å². The molecular formula is C39H28BF10N13NaO5. The van der Waals surface area contributed by atoms with Crippen LogP contribution in [0.15, 0.2) is 104 Å². The van der Waals surface area contributed by atoms with Crippen molar-refractivity contribution in [3.05, 3.63) is 153 Å². The minimum absolute atomic E-state index is 0. The van der Waals surface area contributed by atoms with Gasteiger partial charge in [0.1, 0.15) is 34.7 Å². The first-order chi connectivity index (χ1) is 31.6. The van der Waals surface area contributed by atoms with E-state index < -0.39 is 58.5 Å². The fourth-order valence-corrected chi connectivity index (χ4v) is 5.36. The topological polar surface area (TPSA) is 229 Å². The minimum atomic E-state index is -4.78. The average molecular weight is 983 g/mol. The number of ether oxygens (including phenoxy) is 1. The van der Waals surface area contributed by atoms with Crippen LogP contribution in [-0.4, -0.2) is 64.6 Å². The van der Waals surface area contributed by atoms with Crippen molar-refractivity contribution in [1.82, 2.24) is 49.1 Å². The number of nitrogen functional groups attached to an aromatic ring is 1. The molecule has 8 rings (SSSR count). The number of benzene rings is 2. The van der Waals surface area contributed by atoms with E-state index in [1.54, 1.807) is 0 Å². The molecule has 0 fully saturated rings. The van der Waals surface area contributed by atoms with E-state index in [1.165, 1.54) is 57.6 Å². The van der Waals surface area contributed by atoms with Crippen LogP contribution in [-0.2, 0) is 33.0 Å². The molecule has 2 aromatic carbocycles. The Kier molecular flexibility index (Phi) is 18.8. The third-order valence-corrected chi connectivity index (χ3v) is 8.45. The van der Waals surface area contributed by atoms with Crippen LogP contribution in [0.4, 0.5) is 55.5 Å². The number of anilines is 2. The number of pyridine rings is 2. The van der Waals surface area contributed by atoms with Crippen molar-refractivity contribution in [3.63, 3.8) is 0 Å². The summed E-state index contributed by atoms with van der Waals surface area (Å²) in [6, 6.07) is 13.7. The van der Waals surface area contributed by atoms with Crippen LogP contribution in [0.2, 0.25) is 0 Å². The van der Waals surface area contributed by atoms with E-state index in [4.69, 9.17) is 26.4 Å². The van der Waals surface area contributed by atoms with E-state index in [-0.39, 0.29) is 102 Å². The van der Waals surface area contributed by atoms with Crippen LogP contribution in [0, 0.1) is 35.1 Å². The summed E-state index contributed by atoms with van der Waals surface area (Å²) < 4.78 is 149. The summed E-state index contributed by atoms with van der Waals surface area (Å²) in [6.07, 6.45) is -7.21. The third-order valence-electron chi connectivity index (χ3n) is 8.45. The van der Waals surface area contributed by atoms with Crippen LogP contribution in [0.5, 0.6) is 5.75 Å². The van der Waals surface area contributed by atoms with Gasteiger partial charge in [-0.3, -0.25) is 0 Å². The van der Waals surface area contributed by atoms with Gasteiger partial charge in [0.2, 0.25) is 0 Å². The van der Waals surface area contributed by atoms with Crippen LogP contribution < -0.4 is 56.9 Å². The Bertz CT molecular complexity index is 3070. The smallest absolute Gasteiger partial charge is 0.512 e. The number of rotatable bonds is 8. The van der Waals surface area contributed by atoms with Gasteiger partial charge in [0.25, 0.3) is 11.8 Å². The van der Waals surface area contributed by atoms with Gasteiger partial charge in [0.15, 0.2) is 28.8 Å². The molecular weight excluding hydrogens is 954 g/mol. The minimum Gasteiger partial charge on any atom is -0.512 e. The molecule has 353 valence electrons. The predicted molar refractivity (Wildman–Crippen MR) is 216 cm³/mol. The number of hydrogen-bond donors (Lipinski definition) is 2. The van der Waals surface area contributed by atoms with Gasteiger partial charge in [-0.2, -0.15) is 45.9 Å². The van der Waals surface area contributed by atoms with E-state index in [0.717, 1.165) is 52.1 Å². The molecule has 8 aromatic rings. The zero-order valence-electron chi connectivity index (χ0n) is 35.7. The van der Waals surface area contributed by atoms with Gasteiger partial charge in [-0.1, -0.05) is 12.1 Å². The predicted octanol–water partition coefficient (Wildman–Crippen LogP) is 3.45. The monoisotopic (exact) mass is 982 g/mol. The number of nitrogens with zero attached hydrogens (tertiary/aromatic N) is 11.